The first kappa shape index (κ1) is 19.7. The van der Waals surface area contributed by atoms with Crippen LogP contribution in [0, 0.1) is 0 Å². The average molecular weight is 386 g/mol. The number of hydrogen-bond donors (Lipinski definition) is 2. The summed E-state index contributed by atoms with van der Waals surface area (Å²) in [7, 11) is 1.86. The molecule has 0 bridgehead atoms. The Hall–Kier alpha value is -1.63. The maximum absolute atomic E-state index is 6.05. The molecule has 154 valence electrons. The van der Waals surface area contributed by atoms with Crippen LogP contribution in [0.25, 0.3) is 0 Å². The van der Waals surface area contributed by atoms with Gasteiger partial charge in [-0.2, -0.15) is 0 Å². The lowest BCUT2D eigenvalue weighted by Crippen LogP contribution is -2.53. The fraction of sp³-hybridized carbons (Fsp3) is 0.682. The second kappa shape index (κ2) is 9.72. The zero-order chi connectivity index (χ0) is 19.2. The number of morpholine rings is 1. The largest absolute Gasteiger partial charge is 0.373 e. The second-order valence-corrected chi connectivity index (χ2v) is 8.38. The van der Waals surface area contributed by atoms with Crippen LogP contribution in [0.2, 0.25) is 0 Å². The first-order valence-corrected chi connectivity index (χ1v) is 10.9. The van der Waals surface area contributed by atoms with Crippen LogP contribution in [-0.4, -0.2) is 80.3 Å². The fourth-order valence-electron chi connectivity index (χ4n) is 4.68. The first-order valence-electron chi connectivity index (χ1n) is 10.9. The molecule has 0 radical (unpaired) electrons. The lowest BCUT2D eigenvalue weighted by molar-refractivity contribution is -0.0453. The van der Waals surface area contributed by atoms with Crippen LogP contribution in [0.1, 0.15) is 31.2 Å². The molecule has 6 nitrogen and oxygen atoms in total. The highest BCUT2D eigenvalue weighted by Gasteiger charge is 2.32. The Morgan fingerprint density at radius 2 is 1.96 bits per heavy atom. The molecule has 2 unspecified atom stereocenters. The van der Waals surface area contributed by atoms with Gasteiger partial charge in [0.25, 0.3) is 0 Å². The van der Waals surface area contributed by atoms with Crippen LogP contribution >= 0.6 is 0 Å². The number of piperidine rings is 1. The van der Waals surface area contributed by atoms with Gasteiger partial charge in [-0.15, -0.1) is 0 Å². The van der Waals surface area contributed by atoms with Crippen molar-refractivity contribution in [2.75, 3.05) is 46.4 Å². The summed E-state index contributed by atoms with van der Waals surface area (Å²) in [4.78, 5) is 9.57. The number of aliphatic imine (C=N–C) groups is 1. The van der Waals surface area contributed by atoms with Gasteiger partial charge in [-0.05, 0) is 37.8 Å². The van der Waals surface area contributed by atoms with Crippen molar-refractivity contribution in [3.63, 3.8) is 0 Å². The van der Waals surface area contributed by atoms with Gasteiger partial charge in [0, 0.05) is 51.9 Å². The van der Waals surface area contributed by atoms with Crippen molar-refractivity contribution in [1.82, 2.24) is 20.4 Å². The van der Waals surface area contributed by atoms with E-state index in [9.17, 15) is 0 Å². The topological polar surface area (TPSA) is 52.1 Å². The van der Waals surface area contributed by atoms with Gasteiger partial charge in [0.1, 0.15) is 0 Å². The molecule has 0 spiro atoms. The van der Waals surface area contributed by atoms with Crippen LogP contribution in [0.5, 0.6) is 0 Å². The van der Waals surface area contributed by atoms with Crippen LogP contribution in [0.4, 0.5) is 0 Å². The first-order chi connectivity index (χ1) is 13.8. The number of nitrogens with one attached hydrogen (secondary N) is 2. The summed E-state index contributed by atoms with van der Waals surface area (Å²) in [6, 6.07) is 11.9. The third-order valence-corrected chi connectivity index (χ3v) is 6.36. The molecule has 3 fully saturated rings. The van der Waals surface area contributed by atoms with Gasteiger partial charge in [0.2, 0.25) is 0 Å². The predicted molar refractivity (Wildman–Crippen MR) is 114 cm³/mol. The molecule has 3 heterocycles. The van der Waals surface area contributed by atoms with Gasteiger partial charge in [-0.1, -0.05) is 30.3 Å². The number of guanidine groups is 1. The average Bonchev–Trinajstić information content (AvgIpc) is 3.21. The minimum Gasteiger partial charge on any atom is -0.373 e. The monoisotopic (exact) mass is 385 g/mol. The summed E-state index contributed by atoms with van der Waals surface area (Å²) in [6.07, 6.45) is 5.19. The second-order valence-electron chi connectivity index (χ2n) is 8.38. The molecule has 3 aliphatic heterocycles. The van der Waals surface area contributed by atoms with Gasteiger partial charge in [0.15, 0.2) is 5.96 Å². The molecular weight excluding hydrogens is 350 g/mol. The van der Waals surface area contributed by atoms with Crippen LogP contribution in [-0.2, 0) is 11.3 Å². The summed E-state index contributed by atoms with van der Waals surface area (Å²) in [5.41, 5.74) is 1.40. The minimum absolute atomic E-state index is 0.264. The van der Waals surface area contributed by atoms with Crippen LogP contribution in [0.3, 0.4) is 0 Å². The van der Waals surface area contributed by atoms with E-state index in [0.717, 1.165) is 58.1 Å². The minimum atomic E-state index is 0.264. The molecule has 3 saturated heterocycles. The normalized spacial score (nSPS) is 27.5. The molecule has 4 rings (SSSR count). The highest BCUT2D eigenvalue weighted by atomic mass is 16.5. The third-order valence-electron chi connectivity index (χ3n) is 6.36. The van der Waals surface area contributed by atoms with E-state index in [4.69, 9.17) is 4.74 Å². The summed E-state index contributed by atoms with van der Waals surface area (Å²) in [5.74, 6) is 0.911. The number of fused-ring (bicyclic) bond motifs is 1. The van der Waals surface area contributed by atoms with Crippen LogP contribution in [0.15, 0.2) is 35.3 Å². The third kappa shape index (κ3) is 5.25. The zero-order valence-corrected chi connectivity index (χ0v) is 17.1. The number of ether oxygens (including phenoxy) is 1. The maximum atomic E-state index is 6.05. The summed E-state index contributed by atoms with van der Waals surface area (Å²) >= 11 is 0. The fourth-order valence-corrected chi connectivity index (χ4v) is 4.68. The van der Waals surface area contributed by atoms with Crippen molar-refractivity contribution in [3.05, 3.63) is 35.9 Å². The zero-order valence-electron chi connectivity index (χ0n) is 17.1. The van der Waals surface area contributed by atoms with Gasteiger partial charge in [-0.25, -0.2) is 0 Å². The Kier molecular flexibility index (Phi) is 6.83. The van der Waals surface area contributed by atoms with Gasteiger partial charge >= 0.3 is 0 Å². The van der Waals surface area contributed by atoms with E-state index in [-0.39, 0.29) is 6.10 Å². The number of nitrogens with zero attached hydrogens (tertiary/aromatic N) is 3. The van der Waals surface area contributed by atoms with E-state index in [1.165, 1.54) is 24.9 Å². The number of likely N-dealkylation sites (tertiary alicyclic amines) is 1. The van der Waals surface area contributed by atoms with Crippen molar-refractivity contribution in [2.45, 2.75) is 50.4 Å². The quantitative estimate of drug-likeness (QED) is 0.597. The van der Waals surface area contributed by atoms with Gasteiger partial charge < -0.3 is 15.4 Å². The molecule has 0 amide bonds. The van der Waals surface area contributed by atoms with Gasteiger partial charge in [0.05, 0.1) is 12.7 Å². The van der Waals surface area contributed by atoms with E-state index >= 15 is 0 Å². The standard InChI is InChI=1S/C22H35N5O/c1-23-22(24-14-21-16-27-11-5-8-20(27)17-28-21)25-19-9-12-26(13-10-19)15-18-6-3-2-4-7-18/h2-4,6-7,19-21H,5,8-17H2,1H3,(H2,23,24,25). The van der Waals surface area contributed by atoms with Crippen molar-refractivity contribution in [2.24, 2.45) is 4.99 Å². The molecule has 0 aromatic heterocycles. The Morgan fingerprint density at radius 3 is 2.75 bits per heavy atom. The lowest BCUT2D eigenvalue weighted by Gasteiger charge is -2.36. The van der Waals surface area contributed by atoms with E-state index in [2.05, 4.69) is 55.8 Å². The van der Waals surface area contributed by atoms with E-state index in [1.807, 2.05) is 7.05 Å². The smallest absolute Gasteiger partial charge is 0.191 e. The highest BCUT2D eigenvalue weighted by Crippen LogP contribution is 2.22. The molecule has 3 aliphatic rings. The highest BCUT2D eigenvalue weighted by molar-refractivity contribution is 5.80. The molecule has 1 aromatic carbocycles. The molecule has 2 N–H and O–H groups in total. The van der Waals surface area contributed by atoms with Crippen molar-refractivity contribution < 1.29 is 4.74 Å². The van der Waals surface area contributed by atoms with Crippen molar-refractivity contribution >= 4 is 5.96 Å². The molecule has 1 aromatic rings. The molecular formula is C22H35N5O. The summed E-state index contributed by atoms with van der Waals surface area (Å²) in [6.45, 7) is 7.31. The number of rotatable bonds is 5. The van der Waals surface area contributed by atoms with E-state index < -0.39 is 0 Å². The van der Waals surface area contributed by atoms with E-state index in [0.29, 0.717) is 12.1 Å². The SMILES string of the molecule is CN=C(NCC1CN2CCCC2CO1)NC1CCN(Cc2ccccc2)CC1. The Balaban J connectivity index is 1.16. The lowest BCUT2D eigenvalue weighted by atomic mass is 10.0. The van der Waals surface area contributed by atoms with Crippen molar-refractivity contribution in [1.29, 1.82) is 0 Å². The number of hydrogen-bond acceptors (Lipinski definition) is 4. The molecule has 2 atom stereocenters. The molecule has 6 heteroatoms. The Morgan fingerprint density at radius 1 is 1.14 bits per heavy atom. The van der Waals surface area contributed by atoms with Gasteiger partial charge in [-0.3, -0.25) is 14.8 Å². The van der Waals surface area contributed by atoms with Crippen molar-refractivity contribution in [3.8, 4) is 0 Å². The molecule has 0 saturated carbocycles. The maximum Gasteiger partial charge on any atom is 0.191 e. The summed E-state index contributed by atoms with van der Waals surface area (Å²) < 4.78 is 6.05. The van der Waals surface area contributed by atoms with Crippen LogP contribution < -0.4 is 10.6 Å². The predicted octanol–water partition coefficient (Wildman–Crippen LogP) is 1.68. The van der Waals surface area contributed by atoms with E-state index in [1.54, 1.807) is 0 Å². The molecule has 28 heavy (non-hydrogen) atoms. The Bertz CT molecular complexity index is 629. The molecule has 0 aliphatic carbocycles. The number of benzene rings is 1. The summed E-state index contributed by atoms with van der Waals surface area (Å²) in [5, 5.41) is 7.11. The Labute approximate surface area is 169 Å².